The Morgan fingerprint density at radius 2 is 1.80 bits per heavy atom. The zero-order chi connectivity index (χ0) is 5.28. The standard InChI is InChI=1S/C7H9.2HI.Zr/c1-6-4-3-5-7(6)2;;;/h4H,3H2,1-2H3;2*1H;/q-1;;;. The minimum atomic E-state index is 0. The Morgan fingerprint density at radius 3 is 1.90 bits per heavy atom. The molecule has 0 spiro atoms. The second-order valence-electron chi connectivity index (χ2n) is 1.89. The van der Waals surface area contributed by atoms with E-state index in [0.717, 1.165) is 6.42 Å². The quantitative estimate of drug-likeness (QED) is 0.401. The van der Waals surface area contributed by atoms with Gasteiger partial charge in [-0.15, -0.1) is 61.3 Å². The van der Waals surface area contributed by atoms with Gasteiger partial charge in [0, 0.05) is 26.2 Å². The molecule has 0 aromatic heterocycles. The van der Waals surface area contributed by atoms with E-state index in [-0.39, 0.29) is 74.2 Å². The van der Waals surface area contributed by atoms with Gasteiger partial charge in [0.1, 0.15) is 0 Å². The Kier molecular flexibility index (Phi) is 15.9. The number of rotatable bonds is 0. The molecule has 1 rings (SSSR count). The normalized spacial score (nSPS) is 13.4. The predicted molar refractivity (Wildman–Crippen MR) is 61.6 cm³/mol. The van der Waals surface area contributed by atoms with Crippen LogP contribution in [0.15, 0.2) is 17.2 Å². The van der Waals surface area contributed by atoms with Gasteiger partial charge in [-0.3, -0.25) is 6.08 Å². The van der Waals surface area contributed by atoms with E-state index < -0.39 is 0 Å². The maximum Gasteiger partial charge on any atom is 0 e. The number of hydrogen-bond donors (Lipinski definition) is 0. The summed E-state index contributed by atoms with van der Waals surface area (Å²) in [5.41, 5.74) is 2.71. The van der Waals surface area contributed by atoms with E-state index in [1.807, 2.05) is 0 Å². The van der Waals surface area contributed by atoms with Crippen molar-refractivity contribution in [3.8, 4) is 0 Å². The molecule has 0 aromatic rings. The molecule has 0 atom stereocenters. The first-order chi connectivity index (χ1) is 3.30. The van der Waals surface area contributed by atoms with Crippen molar-refractivity contribution in [1.82, 2.24) is 0 Å². The molecule has 0 amide bonds. The van der Waals surface area contributed by atoms with Crippen LogP contribution in [0.25, 0.3) is 0 Å². The van der Waals surface area contributed by atoms with Crippen LogP contribution in [0.5, 0.6) is 0 Å². The Bertz CT molecular complexity index is 123. The summed E-state index contributed by atoms with van der Waals surface area (Å²) in [5.74, 6) is 0. The van der Waals surface area contributed by atoms with E-state index in [1.165, 1.54) is 11.1 Å². The first-order valence-electron chi connectivity index (χ1n) is 2.55. The average molecular weight is 440 g/mol. The molecular weight excluding hydrogens is 429 g/mol. The summed E-state index contributed by atoms with van der Waals surface area (Å²) in [6, 6.07) is 0. The molecule has 10 heavy (non-hydrogen) atoms. The van der Waals surface area contributed by atoms with Crippen LogP contribution in [0.2, 0.25) is 0 Å². The topological polar surface area (TPSA) is 0 Å². The first-order valence-corrected chi connectivity index (χ1v) is 2.55. The minimum Gasteiger partial charge on any atom is -0.270 e. The summed E-state index contributed by atoms with van der Waals surface area (Å²) < 4.78 is 0. The van der Waals surface area contributed by atoms with E-state index in [1.54, 1.807) is 0 Å². The van der Waals surface area contributed by atoms with Gasteiger partial charge in [0.2, 0.25) is 0 Å². The smallest absolute Gasteiger partial charge is 0 e. The van der Waals surface area contributed by atoms with E-state index in [2.05, 4.69) is 26.0 Å². The molecule has 0 nitrogen and oxygen atoms in total. The van der Waals surface area contributed by atoms with E-state index in [4.69, 9.17) is 0 Å². The van der Waals surface area contributed by atoms with Crippen LogP contribution in [-0.4, -0.2) is 0 Å². The zero-order valence-corrected chi connectivity index (χ0v) is 13.2. The van der Waals surface area contributed by atoms with Crippen LogP contribution < -0.4 is 0 Å². The summed E-state index contributed by atoms with van der Waals surface area (Å²) in [7, 11) is 0. The van der Waals surface area contributed by atoms with Crippen LogP contribution >= 0.6 is 48.0 Å². The van der Waals surface area contributed by atoms with E-state index in [0.29, 0.717) is 0 Å². The van der Waals surface area contributed by atoms with Crippen molar-refractivity contribution in [3.05, 3.63) is 23.3 Å². The van der Waals surface area contributed by atoms with Crippen LogP contribution in [0, 0.1) is 6.08 Å². The molecule has 0 radical (unpaired) electrons. The molecule has 0 unspecified atom stereocenters. The molecule has 0 bridgehead atoms. The van der Waals surface area contributed by atoms with Crippen molar-refractivity contribution < 1.29 is 26.2 Å². The molecule has 3 heteroatoms. The van der Waals surface area contributed by atoms with Crippen molar-refractivity contribution >= 4 is 48.0 Å². The first kappa shape index (κ1) is 17.8. The molecule has 0 heterocycles. The fourth-order valence-electron chi connectivity index (χ4n) is 0.650. The van der Waals surface area contributed by atoms with Gasteiger partial charge in [-0.2, -0.15) is 6.08 Å². The predicted octanol–water partition coefficient (Wildman–Crippen LogP) is 3.32. The molecule has 0 fully saturated rings. The van der Waals surface area contributed by atoms with Crippen molar-refractivity contribution in [2.45, 2.75) is 20.3 Å². The molecule has 0 saturated heterocycles. The summed E-state index contributed by atoms with van der Waals surface area (Å²) in [4.78, 5) is 0. The van der Waals surface area contributed by atoms with Gasteiger partial charge in [0.05, 0.1) is 0 Å². The van der Waals surface area contributed by atoms with E-state index >= 15 is 0 Å². The van der Waals surface area contributed by atoms with Gasteiger partial charge >= 0.3 is 0 Å². The summed E-state index contributed by atoms with van der Waals surface area (Å²) in [5, 5.41) is 0. The van der Waals surface area contributed by atoms with Crippen molar-refractivity contribution in [2.24, 2.45) is 0 Å². The van der Waals surface area contributed by atoms with Crippen LogP contribution in [0.4, 0.5) is 0 Å². The van der Waals surface area contributed by atoms with Gasteiger partial charge in [-0.1, -0.05) is 6.92 Å². The monoisotopic (exact) mass is 439 g/mol. The second-order valence-corrected chi connectivity index (χ2v) is 1.89. The molecule has 58 valence electrons. The number of halogens is 2. The number of hydrogen-bond acceptors (Lipinski definition) is 0. The van der Waals surface area contributed by atoms with Gasteiger partial charge in [-0.05, 0) is 0 Å². The number of allylic oxidation sites excluding steroid dienone is 4. The van der Waals surface area contributed by atoms with Crippen LogP contribution in [0.3, 0.4) is 0 Å². The Balaban J connectivity index is -0.000000163. The Hall–Kier alpha value is 1.82. The molecule has 0 aliphatic heterocycles. The third-order valence-corrected chi connectivity index (χ3v) is 1.37. The third-order valence-electron chi connectivity index (χ3n) is 1.37. The molecule has 1 aliphatic rings. The third kappa shape index (κ3) is 5.47. The second kappa shape index (κ2) is 8.92. The van der Waals surface area contributed by atoms with Crippen molar-refractivity contribution in [2.75, 3.05) is 0 Å². The summed E-state index contributed by atoms with van der Waals surface area (Å²) in [6.07, 6.45) is 6.41. The minimum absolute atomic E-state index is 0. The fraction of sp³-hybridized carbons (Fsp3) is 0.429. The molecule has 0 N–H and O–H groups in total. The van der Waals surface area contributed by atoms with Crippen LogP contribution in [0.1, 0.15) is 20.3 Å². The SMILES string of the molecule is CC1=[C-]CC=C1C.I.I.[Zr]. The van der Waals surface area contributed by atoms with Gasteiger partial charge in [0.25, 0.3) is 0 Å². The maximum absolute atomic E-state index is 3.19. The average Bonchev–Trinajstić information content (AvgIpc) is 1.91. The van der Waals surface area contributed by atoms with Crippen LogP contribution in [-0.2, 0) is 26.2 Å². The molecular formula is C7H11I2Zr-. The van der Waals surface area contributed by atoms with Crippen molar-refractivity contribution in [3.63, 3.8) is 0 Å². The maximum atomic E-state index is 3.19. The molecule has 0 saturated carbocycles. The largest absolute Gasteiger partial charge is 0.270 e. The Labute approximate surface area is 116 Å². The van der Waals surface area contributed by atoms with Gasteiger partial charge < -0.3 is 0 Å². The van der Waals surface area contributed by atoms with Crippen molar-refractivity contribution in [1.29, 1.82) is 0 Å². The molecule has 0 aromatic carbocycles. The zero-order valence-electron chi connectivity index (χ0n) is 6.10. The summed E-state index contributed by atoms with van der Waals surface area (Å²) in [6.45, 7) is 4.22. The van der Waals surface area contributed by atoms with E-state index in [9.17, 15) is 0 Å². The van der Waals surface area contributed by atoms with Gasteiger partial charge in [0.15, 0.2) is 0 Å². The van der Waals surface area contributed by atoms with Gasteiger partial charge in [-0.25, -0.2) is 11.1 Å². The summed E-state index contributed by atoms with van der Waals surface area (Å²) >= 11 is 0. The Morgan fingerprint density at radius 1 is 1.30 bits per heavy atom. The fourth-order valence-corrected chi connectivity index (χ4v) is 0.650. The molecule has 1 aliphatic carbocycles.